The lowest BCUT2D eigenvalue weighted by atomic mass is 10.2. The van der Waals surface area contributed by atoms with Crippen LogP contribution in [-0.2, 0) is 0 Å². The van der Waals surface area contributed by atoms with E-state index < -0.39 is 0 Å². The molecule has 4 N–H and O–H groups in total. The van der Waals surface area contributed by atoms with Crippen molar-refractivity contribution >= 4 is 23.1 Å². The molecule has 0 bridgehead atoms. The van der Waals surface area contributed by atoms with E-state index in [1.807, 2.05) is 13.1 Å². The van der Waals surface area contributed by atoms with E-state index in [9.17, 15) is 0 Å². The van der Waals surface area contributed by atoms with Crippen LogP contribution >= 0.6 is 11.6 Å². The summed E-state index contributed by atoms with van der Waals surface area (Å²) in [5.41, 5.74) is 8.06. The van der Waals surface area contributed by atoms with E-state index >= 15 is 0 Å². The van der Waals surface area contributed by atoms with Gasteiger partial charge in [-0.1, -0.05) is 0 Å². The van der Waals surface area contributed by atoms with Gasteiger partial charge in [-0.3, -0.25) is 5.10 Å². The molecule has 0 aliphatic rings. The highest BCUT2D eigenvalue weighted by molar-refractivity contribution is 6.28. The van der Waals surface area contributed by atoms with Crippen LogP contribution in [0.15, 0.2) is 12.4 Å². The predicted molar refractivity (Wildman–Crippen MR) is 66.8 cm³/mol. The van der Waals surface area contributed by atoms with Gasteiger partial charge in [0.05, 0.1) is 23.6 Å². The number of H-pyrrole nitrogens is 1. The molecule has 2 aromatic rings. The average Bonchev–Trinajstić information content (AvgIpc) is 2.78. The molecule has 0 saturated heterocycles. The number of hydrogen-bond acceptors (Lipinski definition) is 5. The molecule has 0 radical (unpaired) electrons. The van der Waals surface area contributed by atoms with E-state index in [0.717, 1.165) is 5.56 Å². The second kappa shape index (κ2) is 4.58. The predicted octanol–water partition coefficient (Wildman–Crippen LogP) is 1.92. The van der Waals surface area contributed by atoms with E-state index in [-0.39, 0.29) is 11.3 Å². The maximum Gasteiger partial charge on any atom is 0.224 e. The average molecular weight is 253 g/mol. The van der Waals surface area contributed by atoms with Crippen LogP contribution in [0.2, 0.25) is 5.28 Å². The number of nitrogen functional groups attached to an aromatic ring is 1. The fourth-order valence-electron chi connectivity index (χ4n) is 1.44. The normalized spacial score (nSPS) is 12.4. The van der Waals surface area contributed by atoms with E-state index in [1.54, 1.807) is 13.1 Å². The highest BCUT2D eigenvalue weighted by Crippen LogP contribution is 2.24. The van der Waals surface area contributed by atoms with Gasteiger partial charge < -0.3 is 11.1 Å². The first-order chi connectivity index (χ1) is 8.08. The Morgan fingerprint density at radius 2 is 2.24 bits per heavy atom. The zero-order valence-electron chi connectivity index (χ0n) is 9.53. The number of aromatic amines is 1. The molecule has 90 valence electrons. The molecule has 1 atom stereocenters. The third-order valence-corrected chi connectivity index (χ3v) is 2.65. The van der Waals surface area contributed by atoms with E-state index in [2.05, 4.69) is 25.5 Å². The van der Waals surface area contributed by atoms with Crippen molar-refractivity contribution in [2.45, 2.75) is 19.9 Å². The fourth-order valence-corrected chi connectivity index (χ4v) is 1.65. The Hall–Kier alpha value is -1.82. The van der Waals surface area contributed by atoms with Crippen molar-refractivity contribution in [1.29, 1.82) is 0 Å². The summed E-state index contributed by atoms with van der Waals surface area (Å²) in [7, 11) is 0. The van der Waals surface area contributed by atoms with Crippen LogP contribution in [0.5, 0.6) is 0 Å². The highest BCUT2D eigenvalue weighted by Gasteiger charge is 2.12. The van der Waals surface area contributed by atoms with E-state index in [4.69, 9.17) is 17.3 Å². The second-order valence-electron chi connectivity index (χ2n) is 3.74. The van der Waals surface area contributed by atoms with Crippen LogP contribution in [0.3, 0.4) is 0 Å². The Morgan fingerprint density at radius 1 is 1.47 bits per heavy atom. The lowest BCUT2D eigenvalue weighted by Crippen LogP contribution is -2.11. The number of aromatic nitrogens is 4. The maximum absolute atomic E-state index is 5.88. The largest absolute Gasteiger partial charge is 0.394 e. The standard InChI is InChI=1S/C10H13ClN6/c1-5(7-3-13-14-4-7)15-9-8(12)6(2)16-10(11)17-9/h3-5H,12H2,1-2H3,(H,13,14)(H,15,16,17). The smallest absolute Gasteiger partial charge is 0.224 e. The minimum Gasteiger partial charge on any atom is -0.394 e. The quantitative estimate of drug-likeness (QED) is 0.726. The molecular weight excluding hydrogens is 240 g/mol. The van der Waals surface area contributed by atoms with Crippen LogP contribution in [0.4, 0.5) is 11.5 Å². The summed E-state index contributed by atoms with van der Waals surface area (Å²) in [4.78, 5) is 8.05. The minimum absolute atomic E-state index is 0.0291. The van der Waals surface area contributed by atoms with Crippen molar-refractivity contribution in [2.75, 3.05) is 11.1 Å². The molecule has 2 aromatic heterocycles. The molecule has 17 heavy (non-hydrogen) atoms. The van der Waals surface area contributed by atoms with Crippen molar-refractivity contribution in [2.24, 2.45) is 0 Å². The molecule has 2 heterocycles. The summed E-state index contributed by atoms with van der Waals surface area (Å²) >= 11 is 5.79. The fraction of sp³-hybridized carbons (Fsp3) is 0.300. The van der Waals surface area contributed by atoms with Crippen LogP contribution in [0.1, 0.15) is 24.2 Å². The van der Waals surface area contributed by atoms with Gasteiger partial charge >= 0.3 is 0 Å². The van der Waals surface area contributed by atoms with Gasteiger partial charge in [-0.15, -0.1) is 0 Å². The first-order valence-corrected chi connectivity index (χ1v) is 5.50. The van der Waals surface area contributed by atoms with Gasteiger partial charge in [-0.2, -0.15) is 10.1 Å². The maximum atomic E-state index is 5.88. The van der Waals surface area contributed by atoms with Gasteiger partial charge in [0.25, 0.3) is 0 Å². The zero-order chi connectivity index (χ0) is 12.4. The molecule has 1 unspecified atom stereocenters. The number of nitrogens with one attached hydrogen (secondary N) is 2. The van der Waals surface area contributed by atoms with E-state index in [1.165, 1.54) is 0 Å². The number of anilines is 2. The zero-order valence-corrected chi connectivity index (χ0v) is 10.3. The van der Waals surface area contributed by atoms with Gasteiger partial charge in [-0.05, 0) is 25.4 Å². The molecule has 2 rings (SSSR count). The molecular formula is C10H13ClN6. The third kappa shape index (κ3) is 2.47. The van der Waals surface area contributed by atoms with Gasteiger partial charge in [0.15, 0.2) is 5.82 Å². The first-order valence-electron chi connectivity index (χ1n) is 5.12. The Bertz CT molecular complexity index is 510. The number of nitrogens with two attached hydrogens (primary N) is 1. The van der Waals surface area contributed by atoms with Crippen LogP contribution in [0.25, 0.3) is 0 Å². The molecule has 0 aliphatic heterocycles. The van der Waals surface area contributed by atoms with Crippen molar-refractivity contribution in [1.82, 2.24) is 20.2 Å². The molecule has 0 aliphatic carbocycles. The highest BCUT2D eigenvalue weighted by atomic mass is 35.5. The summed E-state index contributed by atoms with van der Waals surface area (Å²) in [6.45, 7) is 3.77. The molecule has 0 aromatic carbocycles. The molecule has 7 heteroatoms. The van der Waals surface area contributed by atoms with Crippen molar-refractivity contribution in [3.05, 3.63) is 28.9 Å². The van der Waals surface area contributed by atoms with Crippen LogP contribution in [0, 0.1) is 6.92 Å². The van der Waals surface area contributed by atoms with Crippen molar-refractivity contribution < 1.29 is 0 Å². The van der Waals surface area contributed by atoms with Crippen LogP contribution < -0.4 is 11.1 Å². The van der Waals surface area contributed by atoms with Gasteiger partial charge in [0, 0.05) is 11.8 Å². The lowest BCUT2D eigenvalue weighted by molar-refractivity contribution is 0.872. The monoisotopic (exact) mass is 252 g/mol. The number of halogens is 1. The Kier molecular flexibility index (Phi) is 3.14. The van der Waals surface area contributed by atoms with Gasteiger partial charge in [-0.25, -0.2) is 4.98 Å². The minimum atomic E-state index is 0.0291. The van der Waals surface area contributed by atoms with Crippen molar-refractivity contribution in [3.63, 3.8) is 0 Å². The Labute approximate surface area is 104 Å². The van der Waals surface area contributed by atoms with Crippen molar-refractivity contribution in [3.8, 4) is 0 Å². The topological polar surface area (TPSA) is 92.5 Å². The third-order valence-electron chi connectivity index (χ3n) is 2.48. The second-order valence-corrected chi connectivity index (χ2v) is 4.08. The number of rotatable bonds is 3. The molecule has 0 saturated carbocycles. The summed E-state index contributed by atoms with van der Waals surface area (Å²) in [5.74, 6) is 0.538. The number of nitrogens with zero attached hydrogens (tertiary/aromatic N) is 3. The molecule has 0 spiro atoms. The summed E-state index contributed by atoms with van der Waals surface area (Å²) in [6, 6.07) is 0.0291. The Balaban J connectivity index is 2.24. The molecule has 0 amide bonds. The summed E-state index contributed by atoms with van der Waals surface area (Å²) in [6.07, 6.45) is 3.55. The summed E-state index contributed by atoms with van der Waals surface area (Å²) < 4.78 is 0. The molecule has 0 fully saturated rings. The number of aryl methyl sites for hydroxylation is 1. The van der Waals surface area contributed by atoms with Gasteiger partial charge in [0.1, 0.15) is 0 Å². The SMILES string of the molecule is Cc1nc(Cl)nc(NC(C)c2cn[nH]c2)c1N. The summed E-state index contributed by atoms with van der Waals surface area (Å²) in [5, 5.41) is 9.99. The lowest BCUT2D eigenvalue weighted by Gasteiger charge is -2.15. The molecule has 6 nitrogen and oxygen atoms in total. The first kappa shape index (κ1) is 11.7. The Morgan fingerprint density at radius 3 is 2.88 bits per heavy atom. The number of hydrogen-bond donors (Lipinski definition) is 3. The van der Waals surface area contributed by atoms with Crippen LogP contribution in [-0.4, -0.2) is 20.2 Å². The van der Waals surface area contributed by atoms with Gasteiger partial charge in [0.2, 0.25) is 5.28 Å². The van der Waals surface area contributed by atoms with E-state index in [0.29, 0.717) is 17.2 Å².